The minimum Gasteiger partial charge on any atom is -0.481 e. The number of benzene rings is 4. The number of para-hydroxylation sites is 2. The van der Waals surface area contributed by atoms with Crippen LogP contribution in [0.2, 0.25) is 0 Å². The first kappa shape index (κ1) is 23.4. The van der Waals surface area contributed by atoms with Gasteiger partial charge in [0.25, 0.3) is 0 Å². The van der Waals surface area contributed by atoms with Crippen molar-refractivity contribution in [1.82, 2.24) is 9.97 Å². The molecule has 0 spiro atoms. The zero-order valence-electron chi connectivity index (χ0n) is 20.6. The summed E-state index contributed by atoms with van der Waals surface area (Å²) in [6.45, 7) is 0.289. The second-order valence-corrected chi connectivity index (χ2v) is 9.15. The van der Waals surface area contributed by atoms with Crippen molar-refractivity contribution in [3.63, 3.8) is 0 Å². The number of anilines is 1. The molecule has 4 aromatic carbocycles. The van der Waals surface area contributed by atoms with E-state index in [2.05, 4.69) is 46.7 Å². The SMILES string of the molecule is O=C(O)CCNc1cc(-c2ccc(-c3cccc4c3oc3ccccc34)cc2)nc(Cc2ccccc2)n1. The van der Waals surface area contributed by atoms with E-state index in [1.807, 2.05) is 66.7 Å². The van der Waals surface area contributed by atoms with Crippen LogP contribution in [0.1, 0.15) is 17.8 Å². The number of hydrogen-bond donors (Lipinski definition) is 2. The van der Waals surface area contributed by atoms with Crippen molar-refractivity contribution in [2.45, 2.75) is 12.8 Å². The van der Waals surface area contributed by atoms with Gasteiger partial charge in [-0.25, -0.2) is 9.97 Å². The monoisotopic (exact) mass is 499 g/mol. The van der Waals surface area contributed by atoms with Crippen molar-refractivity contribution in [2.75, 3.05) is 11.9 Å². The normalized spacial score (nSPS) is 11.2. The van der Waals surface area contributed by atoms with E-state index >= 15 is 0 Å². The number of nitrogens with one attached hydrogen (secondary N) is 1. The first-order valence-corrected chi connectivity index (χ1v) is 12.5. The third kappa shape index (κ3) is 4.84. The van der Waals surface area contributed by atoms with Crippen LogP contribution in [0, 0.1) is 0 Å². The average molecular weight is 500 g/mol. The van der Waals surface area contributed by atoms with Crippen molar-refractivity contribution in [1.29, 1.82) is 0 Å². The van der Waals surface area contributed by atoms with Crippen molar-refractivity contribution in [2.24, 2.45) is 0 Å². The molecule has 6 rings (SSSR count). The van der Waals surface area contributed by atoms with Gasteiger partial charge < -0.3 is 14.8 Å². The lowest BCUT2D eigenvalue weighted by Gasteiger charge is -2.11. The molecule has 38 heavy (non-hydrogen) atoms. The molecule has 2 N–H and O–H groups in total. The number of furan rings is 1. The number of carboxylic acids is 1. The number of nitrogens with zero attached hydrogens (tertiary/aromatic N) is 2. The van der Waals surface area contributed by atoms with E-state index in [0.717, 1.165) is 49.9 Å². The molecular weight excluding hydrogens is 474 g/mol. The second-order valence-electron chi connectivity index (χ2n) is 9.15. The molecule has 0 amide bonds. The van der Waals surface area contributed by atoms with E-state index < -0.39 is 5.97 Å². The number of aromatic nitrogens is 2. The highest BCUT2D eigenvalue weighted by Gasteiger charge is 2.13. The van der Waals surface area contributed by atoms with Gasteiger partial charge in [0.1, 0.15) is 22.8 Å². The molecule has 0 radical (unpaired) electrons. The summed E-state index contributed by atoms with van der Waals surface area (Å²) in [6.07, 6.45) is 0.587. The number of hydrogen-bond acceptors (Lipinski definition) is 5. The fraction of sp³-hybridized carbons (Fsp3) is 0.0938. The Kier molecular flexibility index (Phi) is 6.28. The molecule has 0 unspecified atom stereocenters. The molecule has 0 bridgehead atoms. The van der Waals surface area contributed by atoms with Gasteiger partial charge in [-0.2, -0.15) is 0 Å². The van der Waals surface area contributed by atoms with Crippen LogP contribution in [-0.4, -0.2) is 27.6 Å². The van der Waals surface area contributed by atoms with Crippen LogP contribution in [0.3, 0.4) is 0 Å². The van der Waals surface area contributed by atoms with E-state index in [4.69, 9.17) is 14.5 Å². The Morgan fingerprint density at radius 3 is 2.34 bits per heavy atom. The molecule has 2 aromatic heterocycles. The topological polar surface area (TPSA) is 88.2 Å². The quantitative estimate of drug-likeness (QED) is 0.230. The summed E-state index contributed by atoms with van der Waals surface area (Å²) in [5.74, 6) is 0.423. The first-order chi connectivity index (χ1) is 18.6. The third-order valence-electron chi connectivity index (χ3n) is 6.52. The molecule has 0 atom stereocenters. The highest BCUT2D eigenvalue weighted by Crippen LogP contribution is 2.36. The van der Waals surface area contributed by atoms with Gasteiger partial charge in [0.2, 0.25) is 0 Å². The predicted molar refractivity (Wildman–Crippen MR) is 150 cm³/mol. The van der Waals surface area contributed by atoms with E-state index in [-0.39, 0.29) is 13.0 Å². The molecule has 6 heteroatoms. The molecule has 0 saturated heterocycles. The van der Waals surface area contributed by atoms with Gasteiger partial charge in [0.15, 0.2) is 0 Å². The van der Waals surface area contributed by atoms with Crippen molar-refractivity contribution in [3.8, 4) is 22.4 Å². The van der Waals surface area contributed by atoms with Gasteiger partial charge in [0.05, 0.1) is 12.1 Å². The van der Waals surface area contributed by atoms with Crippen molar-refractivity contribution < 1.29 is 14.3 Å². The van der Waals surface area contributed by atoms with Gasteiger partial charge in [0, 0.05) is 40.9 Å². The summed E-state index contributed by atoms with van der Waals surface area (Å²) < 4.78 is 6.22. The molecule has 0 fully saturated rings. The maximum atomic E-state index is 11.0. The lowest BCUT2D eigenvalue weighted by Crippen LogP contribution is -2.10. The van der Waals surface area contributed by atoms with Gasteiger partial charge in [-0.05, 0) is 17.2 Å². The van der Waals surface area contributed by atoms with Crippen LogP contribution in [0.4, 0.5) is 5.82 Å². The van der Waals surface area contributed by atoms with Crippen molar-refractivity contribution in [3.05, 3.63) is 115 Å². The molecule has 186 valence electrons. The van der Waals surface area contributed by atoms with Crippen LogP contribution in [-0.2, 0) is 11.2 Å². The predicted octanol–water partition coefficient (Wildman–Crippen LogP) is 7.19. The minimum atomic E-state index is -0.855. The Morgan fingerprint density at radius 1 is 0.789 bits per heavy atom. The second kappa shape index (κ2) is 10.2. The summed E-state index contributed by atoms with van der Waals surface area (Å²) in [5.41, 5.74) is 6.67. The molecule has 0 aliphatic rings. The van der Waals surface area contributed by atoms with E-state index in [1.54, 1.807) is 0 Å². The zero-order chi connectivity index (χ0) is 25.9. The van der Waals surface area contributed by atoms with Crippen LogP contribution in [0.5, 0.6) is 0 Å². The summed E-state index contributed by atoms with van der Waals surface area (Å²) in [7, 11) is 0. The zero-order valence-corrected chi connectivity index (χ0v) is 20.6. The maximum Gasteiger partial charge on any atom is 0.305 e. The van der Waals surface area contributed by atoms with Crippen LogP contribution >= 0.6 is 0 Å². The van der Waals surface area contributed by atoms with E-state index in [1.165, 1.54) is 0 Å². The highest BCUT2D eigenvalue weighted by molar-refractivity contribution is 6.09. The lowest BCUT2D eigenvalue weighted by molar-refractivity contribution is -0.136. The average Bonchev–Trinajstić information content (AvgIpc) is 3.32. The van der Waals surface area contributed by atoms with Crippen LogP contribution < -0.4 is 5.32 Å². The highest BCUT2D eigenvalue weighted by atomic mass is 16.4. The molecule has 0 aliphatic carbocycles. The Balaban J connectivity index is 1.34. The fourth-order valence-electron chi connectivity index (χ4n) is 4.69. The smallest absolute Gasteiger partial charge is 0.305 e. The van der Waals surface area contributed by atoms with Crippen LogP contribution in [0.25, 0.3) is 44.3 Å². The lowest BCUT2D eigenvalue weighted by atomic mass is 10.0. The van der Waals surface area contributed by atoms with Gasteiger partial charge in [-0.1, -0.05) is 91.0 Å². The Bertz CT molecular complexity index is 1740. The summed E-state index contributed by atoms with van der Waals surface area (Å²) in [4.78, 5) is 20.5. The minimum absolute atomic E-state index is 0.00931. The van der Waals surface area contributed by atoms with E-state index in [9.17, 15) is 4.79 Å². The first-order valence-electron chi connectivity index (χ1n) is 12.5. The largest absolute Gasteiger partial charge is 0.481 e. The standard InChI is InChI=1S/C32H25N3O3/c36-31(37)17-18-33-29-20-27(34-30(35-29)19-21-7-2-1-3-8-21)23-15-13-22(14-16-23)24-10-6-11-26-25-9-4-5-12-28(25)38-32(24)26/h1-16,20H,17-19H2,(H,36,37)(H,33,34,35). The molecule has 6 aromatic rings. The van der Waals surface area contributed by atoms with Crippen LogP contribution in [0.15, 0.2) is 108 Å². The molecular formula is C32H25N3O3. The molecule has 6 nitrogen and oxygen atoms in total. The molecule has 2 heterocycles. The number of rotatable bonds is 8. The maximum absolute atomic E-state index is 11.0. The summed E-state index contributed by atoms with van der Waals surface area (Å²) in [6, 6.07) is 34.5. The number of aliphatic carboxylic acids is 1. The Labute approximate surface area is 219 Å². The summed E-state index contributed by atoms with van der Waals surface area (Å²) in [5, 5.41) is 14.4. The van der Waals surface area contributed by atoms with Crippen molar-refractivity contribution >= 4 is 33.7 Å². The summed E-state index contributed by atoms with van der Waals surface area (Å²) >= 11 is 0. The van der Waals surface area contributed by atoms with Gasteiger partial charge in [-0.3, -0.25) is 4.79 Å². The fourth-order valence-corrected chi connectivity index (χ4v) is 4.69. The molecule has 0 aliphatic heterocycles. The van der Waals surface area contributed by atoms with Gasteiger partial charge in [-0.15, -0.1) is 0 Å². The van der Waals surface area contributed by atoms with E-state index in [0.29, 0.717) is 18.1 Å². The number of carboxylic acid groups (broad SMARTS) is 1. The Morgan fingerprint density at radius 2 is 1.53 bits per heavy atom. The number of carbonyl (C=O) groups is 1. The Hall–Kier alpha value is -4.97. The van der Waals surface area contributed by atoms with Gasteiger partial charge >= 0.3 is 5.97 Å². The third-order valence-corrected chi connectivity index (χ3v) is 6.52. The molecule has 0 saturated carbocycles. The number of fused-ring (bicyclic) bond motifs is 3.